The van der Waals surface area contributed by atoms with E-state index >= 15 is 0 Å². The maximum Gasteiger partial charge on any atom is 0.613 e. The highest BCUT2D eigenvalue weighted by Gasteiger charge is 2.37. The van der Waals surface area contributed by atoms with Gasteiger partial charge in [-0.05, 0) is 31.8 Å². The second kappa shape index (κ2) is 9.36. The monoisotopic (exact) mass is 402 g/mol. The van der Waals surface area contributed by atoms with Crippen molar-refractivity contribution >= 4 is 14.1 Å². The predicted molar refractivity (Wildman–Crippen MR) is 96.4 cm³/mol. The zero-order valence-electron chi connectivity index (χ0n) is 15.7. The molecular weight excluding hydrogens is 377 g/mol. The zero-order valence-corrected chi connectivity index (χ0v) is 16.6. The van der Waals surface area contributed by atoms with Gasteiger partial charge in [0.2, 0.25) is 0 Å². The number of esters is 1. The standard InChI is InChI=1S/C16H24N3O7P/c1-9(2)25-15(21)11(4)18-27(23)24-8-12-7-10(3)14(26-12)19-6-5-13(20)17-16(19)22/h5-6,9-12,14H,7-8H2,1-4H3,(H-,17,18,20,22,23)/p+1/t10-,11+,12-,14+/m0/s1. The van der Waals surface area contributed by atoms with E-state index in [1.807, 2.05) is 6.92 Å². The Morgan fingerprint density at radius 3 is 2.78 bits per heavy atom. The Bertz CT molecular complexity index is 791. The summed E-state index contributed by atoms with van der Waals surface area (Å²) in [5.74, 6) is -0.520. The Kier molecular flexibility index (Phi) is 7.43. The summed E-state index contributed by atoms with van der Waals surface area (Å²) in [5.41, 5.74) is -1.03. The summed E-state index contributed by atoms with van der Waals surface area (Å²) in [5, 5.41) is 2.54. The maximum absolute atomic E-state index is 12.0. The van der Waals surface area contributed by atoms with Gasteiger partial charge in [0, 0.05) is 18.2 Å². The van der Waals surface area contributed by atoms with E-state index in [0.717, 1.165) is 0 Å². The van der Waals surface area contributed by atoms with Crippen molar-refractivity contribution < 1.29 is 23.4 Å². The molecule has 0 radical (unpaired) electrons. The molecule has 2 rings (SSSR count). The minimum atomic E-state index is -2.28. The van der Waals surface area contributed by atoms with E-state index < -0.39 is 37.7 Å². The van der Waals surface area contributed by atoms with Crippen LogP contribution in [-0.4, -0.2) is 40.4 Å². The fourth-order valence-electron chi connectivity index (χ4n) is 2.73. The lowest BCUT2D eigenvalue weighted by atomic mass is 10.1. The third kappa shape index (κ3) is 6.07. The number of carbonyl (C=O) groups excluding carboxylic acids is 1. The van der Waals surface area contributed by atoms with Gasteiger partial charge >= 0.3 is 19.8 Å². The number of rotatable bonds is 8. The number of nitrogens with one attached hydrogen (secondary N) is 2. The van der Waals surface area contributed by atoms with Gasteiger partial charge in [-0.1, -0.05) is 12.0 Å². The summed E-state index contributed by atoms with van der Waals surface area (Å²) in [4.78, 5) is 37.0. The first-order chi connectivity index (χ1) is 12.7. The molecule has 10 nitrogen and oxygen atoms in total. The molecule has 0 amide bonds. The van der Waals surface area contributed by atoms with Crippen LogP contribution in [0.15, 0.2) is 21.9 Å². The van der Waals surface area contributed by atoms with Crippen LogP contribution in [0.2, 0.25) is 0 Å². The SMILES string of the molecule is CC(C)OC(=O)[C@@H](C)N[P+](=O)OC[C@@H]1C[C@H](C)[C@H](n2ccc(=O)[nH]c2=O)O1. The Morgan fingerprint density at radius 1 is 1.44 bits per heavy atom. The van der Waals surface area contributed by atoms with Crippen molar-refractivity contribution in [3.63, 3.8) is 0 Å². The summed E-state index contributed by atoms with van der Waals surface area (Å²) >= 11 is 0. The van der Waals surface area contributed by atoms with E-state index in [0.29, 0.717) is 6.42 Å². The number of carbonyl (C=O) groups is 1. The average Bonchev–Trinajstić information content (AvgIpc) is 2.93. The second-order valence-electron chi connectivity index (χ2n) is 6.77. The largest absolute Gasteiger partial charge is 0.613 e. The zero-order chi connectivity index (χ0) is 20.1. The first-order valence-corrected chi connectivity index (χ1v) is 9.89. The van der Waals surface area contributed by atoms with Crippen molar-refractivity contribution in [1.29, 1.82) is 0 Å². The van der Waals surface area contributed by atoms with Gasteiger partial charge in [-0.2, -0.15) is 0 Å². The minimum Gasteiger partial charge on any atom is -0.462 e. The van der Waals surface area contributed by atoms with Crippen LogP contribution >= 0.6 is 8.18 Å². The molecule has 27 heavy (non-hydrogen) atoms. The molecule has 0 aromatic carbocycles. The van der Waals surface area contributed by atoms with Gasteiger partial charge in [-0.3, -0.25) is 19.1 Å². The molecule has 0 bridgehead atoms. The van der Waals surface area contributed by atoms with Crippen LogP contribution < -0.4 is 16.3 Å². The second-order valence-corrected chi connectivity index (χ2v) is 7.80. The number of aromatic amines is 1. The van der Waals surface area contributed by atoms with Gasteiger partial charge < -0.3 is 9.47 Å². The van der Waals surface area contributed by atoms with Gasteiger partial charge in [0.15, 0.2) is 0 Å². The van der Waals surface area contributed by atoms with Crippen molar-refractivity contribution in [3.05, 3.63) is 33.1 Å². The van der Waals surface area contributed by atoms with Gasteiger partial charge in [0.25, 0.3) is 5.56 Å². The smallest absolute Gasteiger partial charge is 0.462 e. The minimum absolute atomic E-state index is 0.00650. The van der Waals surface area contributed by atoms with Crippen molar-refractivity contribution in [1.82, 2.24) is 14.6 Å². The molecule has 150 valence electrons. The molecular formula is C16H25N3O7P+. The van der Waals surface area contributed by atoms with E-state index in [1.165, 1.54) is 23.8 Å². The topological polar surface area (TPSA) is 129 Å². The number of nitrogens with zero attached hydrogens (tertiary/aromatic N) is 1. The van der Waals surface area contributed by atoms with Gasteiger partial charge in [0.1, 0.15) is 18.9 Å². The van der Waals surface area contributed by atoms with Gasteiger partial charge in [0.05, 0.1) is 12.2 Å². The lowest BCUT2D eigenvalue weighted by molar-refractivity contribution is -0.149. The quantitative estimate of drug-likeness (QED) is 0.488. The highest BCUT2D eigenvalue weighted by atomic mass is 31.1. The van der Waals surface area contributed by atoms with Gasteiger partial charge in [-0.25, -0.2) is 4.79 Å². The molecule has 1 aromatic rings. The highest BCUT2D eigenvalue weighted by molar-refractivity contribution is 7.36. The fourth-order valence-corrected chi connectivity index (χ4v) is 3.52. The number of ether oxygens (including phenoxy) is 2. The van der Waals surface area contributed by atoms with E-state index in [1.54, 1.807) is 13.8 Å². The van der Waals surface area contributed by atoms with Crippen molar-refractivity contribution in [2.45, 2.75) is 58.6 Å². The molecule has 1 saturated heterocycles. The Labute approximate surface area is 157 Å². The molecule has 0 spiro atoms. The Balaban J connectivity index is 1.85. The normalized spacial score (nSPS) is 24.0. The summed E-state index contributed by atoms with van der Waals surface area (Å²) < 4.78 is 29.4. The summed E-state index contributed by atoms with van der Waals surface area (Å²) in [6.07, 6.45) is 0.790. The van der Waals surface area contributed by atoms with E-state index in [4.69, 9.17) is 14.0 Å². The lowest BCUT2D eigenvalue weighted by Gasteiger charge is -2.17. The summed E-state index contributed by atoms with van der Waals surface area (Å²) in [6.45, 7) is 6.93. The molecule has 1 aromatic heterocycles. The van der Waals surface area contributed by atoms with Crippen LogP contribution in [0.4, 0.5) is 0 Å². The van der Waals surface area contributed by atoms with Crippen LogP contribution in [0.25, 0.3) is 0 Å². The lowest BCUT2D eigenvalue weighted by Crippen LogP contribution is -2.33. The van der Waals surface area contributed by atoms with Crippen LogP contribution in [0.5, 0.6) is 0 Å². The van der Waals surface area contributed by atoms with E-state index in [2.05, 4.69) is 10.1 Å². The molecule has 1 unspecified atom stereocenters. The number of H-pyrrole nitrogens is 1. The van der Waals surface area contributed by atoms with Crippen LogP contribution in [0, 0.1) is 5.92 Å². The van der Waals surface area contributed by atoms with Crippen LogP contribution in [0.3, 0.4) is 0 Å². The summed E-state index contributed by atoms with van der Waals surface area (Å²) in [7, 11) is -2.28. The van der Waals surface area contributed by atoms with Crippen molar-refractivity contribution in [3.8, 4) is 0 Å². The van der Waals surface area contributed by atoms with E-state index in [-0.39, 0.29) is 24.7 Å². The summed E-state index contributed by atoms with van der Waals surface area (Å²) in [6, 6.07) is 0.478. The molecule has 11 heteroatoms. The molecule has 1 aliphatic rings. The molecule has 0 aliphatic carbocycles. The first-order valence-electron chi connectivity index (χ1n) is 8.71. The van der Waals surface area contributed by atoms with Gasteiger partial charge in [-0.15, -0.1) is 4.52 Å². The molecule has 2 heterocycles. The Morgan fingerprint density at radius 2 is 2.15 bits per heavy atom. The molecule has 5 atom stereocenters. The molecule has 2 N–H and O–H groups in total. The maximum atomic E-state index is 12.0. The molecule has 1 fully saturated rings. The van der Waals surface area contributed by atoms with Crippen molar-refractivity contribution in [2.75, 3.05) is 6.61 Å². The van der Waals surface area contributed by atoms with Crippen LogP contribution in [-0.2, 0) is 23.4 Å². The number of hydrogen-bond acceptors (Lipinski definition) is 7. The third-order valence-corrected chi connectivity index (χ3v) is 4.94. The number of hydrogen-bond donors (Lipinski definition) is 2. The number of aromatic nitrogens is 2. The third-order valence-electron chi connectivity index (χ3n) is 3.96. The predicted octanol–water partition coefficient (Wildman–Crippen LogP) is 1.06. The Hall–Kier alpha value is -1.87. The average molecular weight is 402 g/mol. The highest BCUT2D eigenvalue weighted by Crippen LogP contribution is 2.34. The van der Waals surface area contributed by atoms with E-state index in [9.17, 15) is 18.9 Å². The molecule has 1 aliphatic heterocycles. The molecule has 0 saturated carbocycles. The fraction of sp³-hybridized carbons (Fsp3) is 0.688. The van der Waals surface area contributed by atoms with Crippen LogP contribution in [0.1, 0.15) is 40.3 Å². The van der Waals surface area contributed by atoms with Crippen molar-refractivity contribution in [2.24, 2.45) is 5.92 Å². The first kappa shape index (κ1) is 21.4.